The molecule has 3 heteroatoms. The Kier molecular flexibility index (Phi) is 5.70. The van der Waals surface area contributed by atoms with Crippen molar-refractivity contribution in [1.29, 1.82) is 0 Å². The maximum atomic E-state index is 10.7. The minimum absolute atomic E-state index is 0.147. The maximum Gasteiger partial charge on any atom is 0.0917 e. The molecule has 1 heterocycles. The van der Waals surface area contributed by atoms with E-state index in [0.29, 0.717) is 6.54 Å². The summed E-state index contributed by atoms with van der Waals surface area (Å²) in [6.45, 7) is 8.98. The number of hydrogen-bond acceptors (Lipinski definition) is 3. The summed E-state index contributed by atoms with van der Waals surface area (Å²) in [5.74, 6) is 0. The van der Waals surface area contributed by atoms with E-state index >= 15 is 0 Å². The fraction of sp³-hybridized carbons (Fsp3) is 0.348. The van der Waals surface area contributed by atoms with Crippen LogP contribution >= 0.6 is 0 Å². The number of aliphatic hydroxyl groups excluding tert-OH is 1. The van der Waals surface area contributed by atoms with Crippen LogP contribution < -0.4 is 0 Å². The monoisotopic (exact) mass is 348 g/mol. The molecule has 0 aliphatic heterocycles. The van der Waals surface area contributed by atoms with E-state index in [1.807, 2.05) is 42.6 Å². The lowest BCUT2D eigenvalue weighted by Gasteiger charge is -2.32. The van der Waals surface area contributed by atoms with E-state index in [0.717, 1.165) is 29.6 Å². The van der Waals surface area contributed by atoms with Crippen molar-refractivity contribution in [2.45, 2.75) is 33.4 Å². The molecule has 0 aliphatic rings. The number of para-hydroxylation sites is 1. The van der Waals surface area contributed by atoms with Crippen LogP contribution in [0.5, 0.6) is 0 Å². The lowest BCUT2D eigenvalue weighted by molar-refractivity contribution is 0.0875. The van der Waals surface area contributed by atoms with Gasteiger partial charge in [-0.15, -0.1) is 0 Å². The zero-order valence-corrected chi connectivity index (χ0v) is 15.9. The second kappa shape index (κ2) is 7.98. The first-order chi connectivity index (χ1) is 12.4. The highest BCUT2D eigenvalue weighted by Crippen LogP contribution is 2.23. The molecule has 0 spiro atoms. The summed E-state index contributed by atoms with van der Waals surface area (Å²) in [5, 5.41) is 11.9. The summed E-state index contributed by atoms with van der Waals surface area (Å²) in [7, 11) is 0. The van der Waals surface area contributed by atoms with Gasteiger partial charge in [-0.25, -0.2) is 0 Å². The van der Waals surface area contributed by atoms with Crippen LogP contribution in [0, 0.1) is 5.41 Å². The normalized spacial score (nSPS) is 13.3. The number of pyridine rings is 1. The number of fused-ring (bicyclic) bond motifs is 1. The SMILES string of the molecule is CC(C)(C)CN(Cc1cccc2cccnc12)CC(O)c1ccccc1. The highest BCUT2D eigenvalue weighted by Gasteiger charge is 2.21. The van der Waals surface area contributed by atoms with Gasteiger partial charge in [-0.05, 0) is 22.6 Å². The van der Waals surface area contributed by atoms with Crippen molar-refractivity contribution in [2.75, 3.05) is 13.1 Å². The molecule has 3 aromatic rings. The lowest BCUT2D eigenvalue weighted by atomic mass is 9.95. The third kappa shape index (κ3) is 4.90. The minimum Gasteiger partial charge on any atom is -0.387 e. The van der Waals surface area contributed by atoms with Crippen molar-refractivity contribution in [1.82, 2.24) is 9.88 Å². The van der Waals surface area contributed by atoms with Crippen LogP contribution in [0.2, 0.25) is 0 Å². The zero-order chi connectivity index (χ0) is 18.6. The van der Waals surface area contributed by atoms with Gasteiger partial charge in [0.1, 0.15) is 0 Å². The number of hydrogen-bond donors (Lipinski definition) is 1. The molecule has 0 radical (unpaired) electrons. The summed E-state index contributed by atoms with van der Waals surface area (Å²) in [5.41, 5.74) is 3.35. The quantitative estimate of drug-likeness (QED) is 0.694. The Morgan fingerprint density at radius 3 is 2.42 bits per heavy atom. The van der Waals surface area contributed by atoms with Gasteiger partial charge in [0.05, 0.1) is 11.6 Å². The van der Waals surface area contributed by atoms with Crippen molar-refractivity contribution in [3.8, 4) is 0 Å². The first-order valence-electron chi connectivity index (χ1n) is 9.20. The van der Waals surface area contributed by atoms with Crippen molar-refractivity contribution in [2.24, 2.45) is 5.41 Å². The summed E-state index contributed by atoms with van der Waals surface area (Å²) in [6.07, 6.45) is 1.35. The van der Waals surface area contributed by atoms with Crippen LogP contribution in [0.4, 0.5) is 0 Å². The van der Waals surface area contributed by atoms with Gasteiger partial charge in [0.15, 0.2) is 0 Å². The van der Waals surface area contributed by atoms with E-state index in [4.69, 9.17) is 0 Å². The van der Waals surface area contributed by atoms with Gasteiger partial charge in [-0.3, -0.25) is 9.88 Å². The predicted octanol–water partition coefficient (Wildman–Crippen LogP) is 4.82. The van der Waals surface area contributed by atoms with E-state index in [2.05, 4.69) is 54.9 Å². The molecule has 0 aliphatic carbocycles. The standard InChI is InChI=1S/C23H28N2O/c1-23(2,3)17-25(16-21(26)18-9-5-4-6-10-18)15-20-12-7-11-19-13-8-14-24-22(19)20/h4-14,21,26H,15-17H2,1-3H3. The highest BCUT2D eigenvalue weighted by atomic mass is 16.3. The van der Waals surface area contributed by atoms with Gasteiger partial charge in [0.25, 0.3) is 0 Å². The zero-order valence-electron chi connectivity index (χ0n) is 15.9. The highest BCUT2D eigenvalue weighted by molar-refractivity contribution is 5.81. The molecule has 2 aromatic carbocycles. The van der Waals surface area contributed by atoms with E-state index in [1.54, 1.807) is 0 Å². The summed E-state index contributed by atoms with van der Waals surface area (Å²) >= 11 is 0. The number of aromatic nitrogens is 1. The second-order valence-corrected chi connectivity index (χ2v) is 8.15. The molecule has 0 saturated carbocycles. The summed E-state index contributed by atoms with van der Waals surface area (Å²) in [4.78, 5) is 6.91. The number of rotatable bonds is 6. The first kappa shape index (κ1) is 18.6. The Balaban J connectivity index is 1.84. The van der Waals surface area contributed by atoms with Crippen LogP contribution in [0.25, 0.3) is 10.9 Å². The first-order valence-corrected chi connectivity index (χ1v) is 9.20. The van der Waals surface area contributed by atoms with Crippen molar-refractivity contribution < 1.29 is 5.11 Å². The van der Waals surface area contributed by atoms with Crippen molar-refractivity contribution in [3.05, 3.63) is 78.0 Å². The molecule has 0 bridgehead atoms. The summed E-state index contributed by atoms with van der Waals surface area (Å²) in [6, 6.07) is 20.3. The Bertz CT molecular complexity index is 834. The van der Waals surface area contributed by atoms with Crippen LogP contribution in [0.1, 0.15) is 38.0 Å². The van der Waals surface area contributed by atoms with Crippen LogP contribution in [-0.2, 0) is 6.54 Å². The van der Waals surface area contributed by atoms with E-state index < -0.39 is 6.10 Å². The predicted molar refractivity (Wildman–Crippen MR) is 108 cm³/mol. The molecule has 1 atom stereocenters. The van der Waals surface area contributed by atoms with E-state index in [9.17, 15) is 5.11 Å². The number of benzene rings is 2. The van der Waals surface area contributed by atoms with Crippen molar-refractivity contribution in [3.63, 3.8) is 0 Å². The smallest absolute Gasteiger partial charge is 0.0917 e. The van der Waals surface area contributed by atoms with E-state index in [1.165, 1.54) is 5.56 Å². The van der Waals surface area contributed by atoms with Gasteiger partial charge in [0.2, 0.25) is 0 Å². The Labute approximate surface area is 156 Å². The Morgan fingerprint density at radius 2 is 1.69 bits per heavy atom. The molecule has 1 aromatic heterocycles. The van der Waals surface area contributed by atoms with Gasteiger partial charge in [-0.1, -0.05) is 75.4 Å². The Morgan fingerprint density at radius 1 is 0.962 bits per heavy atom. The fourth-order valence-electron chi connectivity index (χ4n) is 3.42. The minimum atomic E-state index is -0.499. The molecule has 0 amide bonds. The molecular weight excluding hydrogens is 320 g/mol. The molecule has 26 heavy (non-hydrogen) atoms. The molecule has 1 unspecified atom stereocenters. The van der Waals surface area contributed by atoms with E-state index in [-0.39, 0.29) is 5.41 Å². The van der Waals surface area contributed by atoms with Gasteiger partial charge in [-0.2, -0.15) is 0 Å². The average molecular weight is 348 g/mol. The second-order valence-electron chi connectivity index (χ2n) is 8.15. The molecular formula is C23H28N2O. The largest absolute Gasteiger partial charge is 0.387 e. The van der Waals surface area contributed by atoms with Crippen LogP contribution in [0.3, 0.4) is 0 Å². The number of nitrogens with zero attached hydrogens (tertiary/aromatic N) is 2. The molecule has 136 valence electrons. The Hall–Kier alpha value is -2.23. The number of aliphatic hydroxyl groups is 1. The average Bonchev–Trinajstić information content (AvgIpc) is 2.61. The van der Waals surface area contributed by atoms with Gasteiger partial charge < -0.3 is 5.11 Å². The lowest BCUT2D eigenvalue weighted by Crippen LogP contribution is -2.35. The fourth-order valence-corrected chi connectivity index (χ4v) is 3.42. The molecule has 0 fully saturated rings. The van der Waals surface area contributed by atoms with Crippen LogP contribution in [-0.4, -0.2) is 28.1 Å². The molecule has 0 saturated heterocycles. The molecule has 1 N–H and O–H groups in total. The van der Waals surface area contributed by atoms with Crippen LogP contribution in [0.15, 0.2) is 66.9 Å². The third-order valence-electron chi connectivity index (χ3n) is 4.42. The topological polar surface area (TPSA) is 36.4 Å². The van der Waals surface area contributed by atoms with Crippen molar-refractivity contribution >= 4 is 10.9 Å². The third-order valence-corrected chi connectivity index (χ3v) is 4.42. The maximum absolute atomic E-state index is 10.7. The molecule has 3 rings (SSSR count). The van der Waals surface area contributed by atoms with Gasteiger partial charge >= 0.3 is 0 Å². The summed E-state index contributed by atoms with van der Waals surface area (Å²) < 4.78 is 0. The van der Waals surface area contributed by atoms with Gasteiger partial charge in [0, 0.05) is 31.2 Å². The molecule has 3 nitrogen and oxygen atoms in total.